The molecular formula is C18H25BrOSi2. The standard InChI is InChI=1S/C18H25BrOSi2/c1-21(2,3)14-10-16-8-7-9-18(20-13-12-19)17(16)11-15-22(4,5)6/h7-9H,12-13H2,1-6H3. The number of hydrogen-bond donors (Lipinski definition) is 0. The van der Waals surface area contributed by atoms with Gasteiger partial charge in [0.05, 0.1) is 12.2 Å². The maximum Gasteiger partial charge on any atom is 0.136 e. The van der Waals surface area contributed by atoms with Crippen LogP contribution in [0.5, 0.6) is 5.75 Å². The number of hydrogen-bond acceptors (Lipinski definition) is 1. The summed E-state index contributed by atoms with van der Waals surface area (Å²) in [7, 11) is -2.86. The lowest BCUT2D eigenvalue weighted by molar-refractivity contribution is 0.344. The summed E-state index contributed by atoms with van der Waals surface area (Å²) in [5, 5.41) is 0.804. The van der Waals surface area contributed by atoms with Gasteiger partial charge in [-0.25, -0.2) is 0 Å². The molecule has 0 radical (unpaired) electrons. The Bertz CT molecular complexity index is 632. The number of halogens is 1. The second kappa shape index (κ2) is 8.06. The first kappa shape index (κ1) is 19.1. The predicted molar refractivity (Wildman–Crippen MR) is 106 cm³/mol. The zero-order valence-electron chi connectivity index (χ0n) is 14.4. The van der Waals surface area contributed by atoms with Gasteiger partial charge in [-0.05, 0) is 12.1 Å². The summed E-state index contributed by atoms with van der Waals surface area (Å²) < 4.78 is 5.83. The Hall–Kier alpha value is -0.946. The lowest BCUT2D eigenvalue weighted by atomic mass is 10.1. The first-order valence-electron chi connectivity index (χ1n) is 7.50. The van der Waals surface area contributed by atoms with Gasteiger partial charge in [-0.1, -0.05) is 73.1 Å². The molecule has 0 N–H and O–H groups in total. The molecule has 4 heteroatoms. The second-order valence-electron chi connectivity index (χ2n) is 7.22. The van der Waals surface area contributed by atoms with Crippen LogP contribution in [0, 0.1) is 22.9 Å². The summed E-state index contributed by atoms with van der Waals surface area (Å²) >= 11 is 3.40. The summed E-state index contributed by atoms with van der Waals surface area (Å²) in [5.41, 5.74) is 8.79. The van der Waals surface area contributed by atoms with Crippen LogP contribution in [0.15, 0.2) is 18.2 Å². The average Bonchev–Trinajstić information content (AvgIpc) is 2.39. The third kappa shape index (κ3) is 7.36. The molecule has 0 fully saturated rings. The Morgan fingerprint density at radius 2 is 1.55 bits per heavy atom. The monoisotopic (exact) mass is 392 g/mol. The fraction of sp³-hybridized carbons (Fsp3) is 0.444. The first-order chi connectivity index (χ1) is 10.1. The molecule has 0 spiro atoms. The molecule has 0 atom stereocenters. The van der Waals surface area contributed by atoms with Gasteiger partial charge in [0.2, 0.25) is 0 Å². The molecule has 1 aromatic carbocycles. The van der Waals surface area contributed by atoms with E-state index in [1.807, 2.05) is 18.2 Å². The van der Waals surface area contributed by atoms with Gasteiger partial charge in [-0.2, -0.15) is 0 Å². The molecule has 1 nitrogen and oxygen atoms in total. The van der Waals surface area contributed by atoms with Crippen LogP contribution in [0.25, 0.3) is 0 Å². The average molecular weight is 393 g/mol. The van der Waals surface area contributed by atoms with Crippen molar-refractivity contribution in [3.05, 3.63) is 29.3 Å². The lowest BCUT2D eigenvalue weighted by Gasteiger charge is -2.10. The van der Waals surface area contributed by atoms with Crippen molar-refractivity contribution in [2.45, 2.75) is 39.3 Å². The molecule has 0 amide bonds. The van der Waals surface area contributed by atoms with Crippen molar-refractivity contribution < 1.29 is 4.74 Å². The highest BCUT2D eigenvalue weighted by molar-refractivity contribution is 9.09. The molecule has 0 unspecified atom stereocenters. The molecule has 0 aromatic heterocycles. The topological polar surface area (TPSA) is 9.23 Å². The molecule has 1 rings (SSSR count). The van der Waals surface area contributed by atoms with E-state index in [1.54, 1.807) is 0 Å². The third-order valence-corrected chi connectivity index (χ3v) is 4.57. The quantitative estimate of drug-likeness (QED) is 0.402. The van der Waals surface area contributed by atoms with E-state index in [1.165, 1.54) is 0 Å². The van der Waals surface area contributed by atoms with Gasteiger partial charge in [0.1, 0.15) is 21.9 Å². The highest BCUT2D eigenvalue weighted by atomic mass is 79.9. The Balaban J connectivity index is 3.35. The lowest BCUT2D eigenvalue weighted by Crippen LogP contribution is -2.17. The van der Waals surface area contributed by atoms with Crippen LogP contribution < -0.4 is 4.74 Å². The maximum absolute atomic E-state index is 5.83. The van der Waals surface area contributed by atoms with Crippen molar-refractivity contribution in [1.29, 1.82) is 0 Å². The number of rotatable bonds is 3. The predicted octanol–water partition coefficient (Wildman–Crippen LogP) is 4.92. The van der Waals surface area contributed by atoms with Crippen molar-refractivity contribution in [3.63, 3.8) is 0 Å². The van der Waals surface area contributed by atoms with Crippen LogP contribution >= 0.6 is 15.9 Å². The molecule has 0 aliphatic carbocycles. The molecule has 118 valence electrons. The van der Waals surface area contributed by atoms with Crippen molar-refractivity contribution in [1.82, 2.24) is 0 Å². The van der Waals surface area contributed by atoms with E-state index in [-0.39, 0.29) is 0 Å². The Labute approximate surface area is 146 Å². The number of alkyl halides is 1. The minimum Gasteiger partial charge on any atom is -0.491 e. The van der Waals surface area contributed by atoms with Crippen molar-refractivity contribution in [2.75, 3.05) is 11.9 Å². The van der Waals surface area contributed by atoms with Crippen LogP contribution in [0.1, 0.15) is 11.1 Å². The van der Waals surface area contributed by atoms with Crippen LogP contribution in [0.3, 0.4) is 0 Å². The second-order valence-corrected chi connectivity index (χ2v) is 17.5. The molecule has 0 heterocycles. The van der Waals surface area contributed by atoms with Crippen molar-refractivity contribution in [2.24, 2.45) is 0 Å². The van der Waals surface area contributed by atoms with Gasteiger partial charge in [0.15, 0.2) is 0 Å². The van der Waals surface area contributed by atoms with Crippen LogP contribution in [0.2, 0.25) is 39.3 Å². The molecule has 22 heavy (non-hydrogen) atoms. The smallest absolute Gasteiger partial charge is 0.136 e. The van der Waals surface area contributed by atoms with E-state index in [2.05, 4.69) is 78.1 Å². The van der Waals surface area contributed by atoms with Crippen molar-refractivity contribution >= 4 is 32.1 Å². The highest BCUT2D eigenvalue weighted by Gasteiger charge is 2.12. The SMILES string of the molecule is C[Si](C)(C)C#Cc1cccc(OCCBr)c1C#C[Si](C)(C)C. The zero-order valence-corrected chi connectivity index (χ0v) is 18.0. The molecule has 0 saturated heterocycles. The van der Waals surface area contributed by atoms with Gasteiger partial charge >= 0.3 is 0 Å². The summed E-state index contributed by atoms with van der Waals surface area (Å²) in [6, 6.07) is 6.02. The van der Waals surface area contributed by atoms with Gasteiger partial charge in [-0.3, -0.25) is 0 Å². The largest absolute Gasteiger partial charge is 0.491 e. The number of ether oxygens (including phenoxy) is 1. The third-order valence-electron chi connectivity index (χ3n) is 2.50. The van der Waals surface area contributed by atoms with E-state index in [0.717, 1.165) is 22.2 Å². The molecule has 0 bridgehead atoms. The summed E-state index contributed by atoms with van der Waals surface area (Å²) in [6.07, 6.45) is 0. The molecule has 0 saturated carbocycles. The van der Waals surface area contributed by atoms with Crippen LogP contribution in [-0.2, 0) is 0 Å². The van der Waals surface area contributed by atoms with Crippen LogP contribution in [-0.4, -0.2) is 28.1 Å². The van der Waals surface area contributed by atoms with E-state index in [9.17, 15) is 0 Å². The van der Waals surface area contributed by atoms with Gasteiger partial charge in [-0.15, -0.1) is 11.1 Å². The molecular weight excluding hydrogens is 368 g/mol. The number of benzene rings is 1. The molecule has 0 aliphatic rings. The fourth-order valence-corrected chi connectivity index (χ4v) is 2.71. The summed E-state index contributed by atoms with van der Waals surface area (Å²) in [5.74, 6) is 7.53. The summed E-state index contributed by atoms with van der Waals surface area (Å²) in [4.78, 5) is 0. The van der Waals surface area contributed by atoms with Crippen molar-refractivity contribution in [3.8, 4) is 28.7 Å². The molecule has 0 aliphatic heterocycles. The van der Waals surface area contributed by atoms with Gasteiger partial charge in [0.25, 0.3) is 0 Å². The molecule has 1 aromatic rings. The van der Waals surface area contributed by atoms with Gasteiger partial charge < -0.3 is 4.74 Å². The van der Waals surface area contributed by atoms with E-state index >= 15 is 0 Å². The van der Waals surface area contributed by atoms with E-state index in [4.69, 9.17) is 4.74 Å². The minimum absolute atomic E-state index is 0.631. The Morgan fingerprint density at radius 1 is 0.955 bits per heavy atom. The van der Waals surface area contributed by atoms with Crippen LogP contribution in [0.4, 0.5) is 0 Å². The van der Waals surface area contributed by atoms with E-state index in [0.29, 0.717) is 6.61 Å². The summed E-state index contributed by atoms with van der Waals surface area (Å²) in [6.45, 7) is 14.1. The van der Waals surface area contributed by atoms with Gasteiger partial charge in [0, 0.05) is 10.9 Å². The highest BCUT2D eigenvalue weighted by Crippen LogP contribution is 2.22. The normalized spacial score (nSPS) is 11.0. The first-order valence-corrected chi connectivity index (χ1v) is 15.6. The minimum atomic E-state index is -1.44. The maximum atomic E-state index is 5.83. The zero-order chi connectivity index (χ0) is 16.8. The van der Waals surface area contributed by atoms with E-state index < -0.39 is 16.1 Å². The Kier molecular flexibility index (Phi) is 7.00. The fourth-order valence-electron chi connectivity index (χ4n) is 1.54. The Morgan fingerprint density at radius 3 is 2.09 bits per heavy atom.